The van der Waals surface area contributed by atoms with E-state index < -0.39 is 0 Å². The molecule has 0 saturated heterocycles. The summed E-state index contributed by atoms with van der Waals surface area (Å²) >= 11 is 7.13. The molecule has 0 amide bonds. The summed E-state index contributed by atoms with van der Waals surface area (Å²) in [6.07, 6.45) is 0. The minimum Gasteiger partial charge on any atom is -0.281 e. The summed E-state index contributed by atoms with van der Waals surface area (Å²) in [5, 5.41) is 2.42. The number of para-hydroxylation sites is 2. The predicted octanol–water partition coefficient (Wildman–Crippen LogP) is 5.97. The van der Waals surface area contributed by atoms with Crippen molar-refractivity contribution in [3.8, 4) is 0 Å². The number of carbonyl (C=O) groups excluding carboxylic acids is 1. The number of benzene rings is 3. The van der Waals surface area contributed by atoms with Gasteiger partial charge in [-0.3, -0.25) is 4.79 Å². The molecule has 0 unspecified atom stereocenters. The van der Waals surface area contributed by atoms with Crippen LogP contribution in [0.25, 0.3) is 21.8 Å². The van der Waals surface area contributed by atoms with Crippen LogP contribution in [0.3, 0.4) is 0 Å². The first-order valence-electron chi connectivity index (χ1n) is 7.47. The number of fused-ring (bicyclic) bond motifs is 2. The van der Waals surface area contributed by atoms with Gasteiger partial charge in [0.05, 0.1) is 11.0 Å². The van der Waals surface area contributed by atoms with Crippen molar-refractivity contribution in [1.82, 2.24) is 4.98 Å². The molecule has 1 aromatic heterocycles. The van der Waals surface area contributed by atoms with Gasteiger partial charge in [-0.2, -0.15) is 0 Å². The summed E-state index contributed by atoms with van der Waals surface area (Å²) in [7, 11) is 0. The minimum absolute atomic E-state index is 0.00659. The monoisotopic (exact) mass is 349 g/mol. The Bertz CT molecular complexity index is 1010. The second-order valence-corrected chi connectivity index (χ2v) is 6.85. The Morgan fingerprint density at radius 1 is 0.792 bits per heavy atom. The summed E-state index contributed by atoms with van der Waals surface area (Å²) in [5.74, 6) is 0. The number of pyridine rings is 1. The van der Waals surface area contributed by atoms with Gasteiger partial charge in [0, 0.05) is 26.3 Å². The molecule has 0 aliphatic heterocycles. The zero-order valence-electron chi connectivity index (χ0n) is 12.6. The quantitative estimate of drug-likeness (QED) is 0.329. The van der Waals surface area contributed by atoms with E-state index in [1.165, 1.54) is 11.8 Å². The smallest absolute Gasteiger partial charge is 0.225 e. The van der Waals surface area contributed by atoms with Crippen LogP contribution in [0.4, 0.5) is 0 Å². The van der Waals surface area contributed by atoms with Crippen molar-refractivity contribution in [2.24, 2.45) is 0 Å². The van der Waals surface area contributed by atoms with Crippen molar-refractivity contribution in [2.75, 3.05) is 0 Å². The Hall–Kier alpha value is -2.36. The van der Waals surface area contributed by atoms with Gasteiger partial charge in [-0.1, -0.05) is 48.0 Å². The average Bonchev–Trinajstić information content (AvgIpc) is 2.61. The molecule has 0 radical (unpaired) electrons. The molecule has 3 aromatic carbocycles. The van der Waals surface area contributed by atoms with E-state index in [0.29, 0.717) is 10.6 Å². The van der Waals surface area contributed by atoms with Gasteiger partial charge >= 0.3 is 0 Å². The Morgan fingerprint density at radius 3 is 1.92 bits per heavy atom. The third kappa shape index (κ3) is 2.77. The van der Waals surface area contributed by atoms with Crippen LogP contribution < -0.4 is 0 Å². The topological polar surface area (TPSA) is 30.0 Å². The van der Waals surface area contributed by atoms with E-state index in [2.05, 4.69) is 4.98 Å². The van der Waals surface area contributed by atoms with Gasteiger partial charge in [0.15, 0.2) is 0 Å². The van der Waals surface area contributed by atoms with Crippen LogP contribution >= 0.6 is 23.4 Å². The molecule has 1 heterocycles. The number of thioether (sulfide) groups is 1. The van der Waals surface area contributed by atoms with Crippen LogP contribution in [-0.4, -0.2) is 10.1 Å². The second kappa shape index (κ2) is 6.27. The molecule has 0 aliphatic rings. The van der Waals surface area contributed by atoms with Crippen molar-refractivity contribution in [3.63, 3.8) is 0 Å². The fraction of sp³-hybridized carbons (Fsp3) is 0. The molecule has 0 bridgehead atoms. The van der Waals surface area contributed by atoms with Gasteiger partial charge in [0.25, 0.3) is 0 Å². The molecular weight excluding hydrogens is 338 g/mol. The summed E-state index contributed by atoms with van der Waals surface area (Å²) in [6.45, 7) is 0. The maximum atomic E-state index is 13.0. The highest BCUT2D eigenvalue weighted by atomic mass is 35.5. The van der Waals surface area contributed by atoms with Crippen LogP contribution in [0.2, 0.25) is 5.02 Å². The van der Waals surface area contributed by atoms with Gasteiger partial charge in [0.2, 0.25) is 5.12 Å². The standard InChI is InChI=1S/C20H12ClNOS/c21-13-9-11-14(12-10-13)24-20(23)19-15-5-1-3-7-17(15)22-18-8-4-2-6-16(18)19/h1-12H. The molecule has 0 spiro atoms. The van der Waals surface area contributed by atoms with Gasteiger partial charge in [-0.05, 0) is 48.2 Å². The third-order valence-corrected chi connectivity index (χ3v) is 4.97. The van der Waals surface area contributed by atoms with Crippen LogP contribution in [0.1, 0.15) is 10.4 Å². The van der Waals surface area contributed by atoms with Crippen molar-refractivity contribution < 1.29 is 4.79 Å². The summed E-state index contributed by atoms with van der Waals surface area (Å²) in [5.41, 5.74) is 2.36. The lowest BCUT2D eigenvalue weighted by Crippen LogP contribution is -1.98. The first kappa shape index (κ1) is 15.2. The molecule has 0 fully saturated rings. The fourth-order valence-electron chi connectivity index (χ4n) is 2.72. The molecule has 2 nitrogen and oxygen atoms in total. The lowest BCUT2D eigenvalue weighted by Gasteiger charge is -2.09. The second-order valence-electron chi connectivity index (χ2n) is 5.36. The molecule has 0 saturated carbocycles. The molecule has 0 atom stereocenters. The van der Waals surface area contributed by atoms with E-state index in [1.807, 2.05) is 60.7 Å². The van der Waals surface area contributed by atoms with Crippen LogP contribution in [0, 0.1) is 0 Å². The zero-order chi connectivity index (χ0) is 16.5. The maximum Gasteiger partial charge on any atom is 0.225 e. The van der Waals surface area contributed by atoms with Gasteiger partial charge in [0.1, 0.15) is 0 Å². The molecule has 4 rings (SSSR count). The Kier molecular flexibility index (Phi) is 3.97. The van der Waals surface area contributed by atoms with Crippen LogP contribution in [0.5, 0.6) is 0 Å². The number of hydrogen-bond donors (Lipinski definition) is 0. The minimum atomic E-state index is 0.00659. The number of carbonyl (C=O) groups is 1. The normalized spacial score (nSPS) is 11.0. The number of halogens is 1. The highest BCUT2D eigenvalue weighted by molar-refractivity contribution is 8.14. The van der Waals surface area contributed by atoms with E-state index >= 15 is 0 Å². The van der Waals surface area contributed by atoms with E-state index in [1.54, 1.807) is 12.1 Å². The molecule has 0 aliphatic carbocycles. The summed E-state index contributed by atoms with van der Waals surface area (Å²) in [4.78, 5) is 18.6. The zero-order valence-corrected chi connectivity index (χ0v) is 14.1. The summed E-state index contributed by atoms with van der Waals surface area (Å²) < 4.78 is 0. The third-order valence-electron chi connectivity index (χ3n) is 3.82. The van der Waals surface area contributed by atoms with Crippen molar-refractivity contribution in [3.05, 3.63) is 83.4 Å². The predicted molar refractivity (Wildman–Crippen MR) is 101 cm³/mol. The number of hydrogen-bond acceptors (Lipinski definition) is 3. The molecule has 4 heteroatoms. The van der Waals surface area contributed by atoms with Gasteiger partial charge in [-0.25, -0.2) is 4.98 Å². The number of nitrogens with zero attached hydrogens (tertiary/aromatic N) is 1. The number of rotatable bonds is 2. The Labute approximate surface area is 148 Å². The van der Waals surface area contributed by atoms with E-state index in [0.717, 1.165) is 26.7 Å². The number of aromatic nitrogens is 1. The Balaban J connectivity index is 1.89. The Morgan fingerprint density at radius 2 is 1.33 bits per heavy atom. The van der Waals surface area contributed by atoms with Crippen molar-refractivity contribution in [2.45, 2.75) is 4.90 Å². The van der Waals surface area contributed by atoms with E-state index in [9.17, 15) is 4.79 Å². The van der Waals surface area contributed by atoms with Crippen molar-refractivity contribution in [1.29, 1.82) is 0 Å². The van der Waals surface area contributed by atoms with E-state index in [4.69, 9.17) is 11.6 Å². The van der Waals surface area contributed by atoms with Crippen molar-refractivity contribution >= 4 is 50.3 Å². The van der Waals surface area contributed by atoms with Crippen LogP contribution in [0.15, 0.2) is 77.7 Å². The highest BCUT2D eigenvalue weighted by Gasteiger charge is 2.16. The van der Waals surface area contributed by atoms with Crippen LogP contribution in [-0.2, 0) is 0 Å². The average molecular weight is 350 g/mol. The molecule has 0 N–H and O–H groups in total. The summed E-state index contributed by atoms with van der Waals surface area (Å²) in [6, 6.07) is 22.8. The van der Waals surface area contributed by atoms with Gasteiger partial charge < -0.3 is 0 Å². The lowest BCUT2D eigenvalue weighted by molar-refractivity contribution is 0.109. The van der Waals surface area contributed by atoms with E-state index in [-0.39, 0.29) is 5.12 Å². The highest BCUT2D eigenvalue weighted by Crippen LogP contribution is 2.32. The fourth-order valence-corrected chi connectivity index (χ4v) is 3.65. The lowest BCUT2D eigenvalue weighted by atomic mass is 10.0. The molecule has 24 heavy (non-hydrogen) atoms. The maximum absolute atomic E-state index is 13.0. The van der Waals surface area contributed by atoms with Gasteiger partial charge in [-0.15, -0.1) is 0 Å². The molecular formula is C20H12ClNOS. The first-order valence-corrected chi connectivity index (χ1v) is 8.67. The molecule has 4 aromatic rings. The largest absolute Gasteiger partial charge is 0.281 e. The SMILES string of the molecule is O=C(Sc1ccc(Cl)cc1)c1c2ccccc2nc2ccccc12. The first-order chi connectivity index (χ1) is 11.7. The molecule has 116 valence electrons.